The van der Waals surface area contributed by atoms with Gasteiger partial charge in [0.15, 0.2) is 0 Å². The molecule has 1 aromatic rings. The summed E-state index contributed by atoms with van der Waals surface area (Å²) in [5, 5.41) is 11.5. The average Bonchev–Trinajstić information content (AvgIpc) is 3.29. The summed E-state index contributed by atoms with van der Waals surface area (Å²) in [6.45, 7) is 1.92. The van der Waals surface area contributed by atoms with E-state index in [1.165, 1.54) is 13.2 Å². The normalized spacial score (nSPS) is 15.7. The molecule has 2 N–H and O–H groups in total. The monoisotopic (exact) mass is 289 g/mol. The number of rotatable bonds is 6. The van der Waals surface area contributed by atoms with Gasteiger partial charge in [0.25, 0.3) is 0 Å². The van der Waals surface area contributed by atoms with Gasteiger partial charge in [-0.05, 0) is 42.5 Å². The van der Waals surface area contributed by atoms with E-state index in [2.05, 4.69) is 5.32 Å². The van der Waals surface area contributed by atoms with Crippen LogP contribution < -0.4 is 10.1 Å². The highest BCUT2D eigenvalue weighted by Gasteiger charge is 2.32. The lowest BCUT2D eigenvalue weighted by atomic mass is 10.1. The Morgan fingerprint density at radius 1 is 1.43 bits per heavy atom. The molecule has 1 atom stereocenters. The van der Waals surface area contributed by atoms with Crippen LogP contribution in [-0.4, -0.2) is 24.1 Å². The minimum absolute atomic E-state index is 0.0204. The van der Waals surface area contributed by atoms with Gasteiger partial charge >= 0.3 is 5.97 Å². The molecule has 112 valence electrons. The number of amides is 1. The van der Waals surface area contributed by atoms with Crippen molar-refractivity contribution in [1.82, 2.24) is 0 Å². The maximum Gasteiger partial charge on any atom is 0.328 e. The lowest BCUT2D eigenvalue weighted by Gasteiger charge is -2.14. The number of methoxy groups -OCH3 is 1. The molecule has 1 aromatic carbocycles. The zero-order valence-electron chi connectivity index (χ0n) is 12.1. The Kier molecular flexibility index (Phi) is 4.62. The second-order valence-corrected chi connectivity index (χ2v) is 5.25. The standard InChI is InChI=1S/C16H19NO4/c1-10(12-5-6-12)16(20)17-13-9-11(4-8-15(18)19)3-7-14(13)21-2/h3-4,7-10,12H,5-6H2,1-2H3,(H,17,20)(H,18,19)/b8-4+. The SMILES string of the molecule is COc1ccc(/C=C/C(=O)O)cc1NC(=O)C(C)C1CC1. The van der Waals surface area contributed by atoms with E-state index in [4.69, 9.17) is 9.84 Å². The molecule has 1 saturated carbocycles. The molecule has 1 aliphatic carbocycles. The highest BCUT2D eigenvalue weighted by molar-refractivity contribution is 5.94. The summed E-state index contributed by atoms with van der Waals surface area (Å²) in [4.78, 5) is 22.7. The number of carbonyl (C=O) groups is 2. The summed E-state index contributed by atoms with van der Waals surface area (Å²) < 4.78 is 5.23. The Balaban J connectivity index is 2.16. The molecule has 5 heteroatoms. The molecule has 0 radical (unpaired) electrons. The van der Waals surface area contributed by atoms with Crippen LogP contribution in [0, 0.1) is 11.8 Å². The van der Waals surface area contributed by atoms with Crippen molar-refractivity contribution in [1.29, 1.82) is 0 Å². The number of ether oxygens (including phenoxy) is 1. The fraction of sp³-hybridized carbons (Fsp3) is 0.375. The van der Waals surface area contributed by atoms with Gasteiger partial charge in [0, 0.05) is 12.0 Å². The largest absolute Gasteiger partial charge is 0.495 e. The molecule has 0 heterocycles. The maximum absolute atomic E-state index is 12.2. The van der Waals surface area contributed by atoms with Crippen molar-refractivity contribution in [3.8, 4) is 5.75 Å². The first-order valence-electron chi connectivity index (χ1n) is 6.91. The molecule has 1 amide bonds. The summed E-state index contributed by atoms with van der Waals surface area (Å²) in [7, 11) is 1.53. The van der Waals surface area contributed by atoms with Crippen molar-refractivity contribution < 1.29 is 19.4 Å². The number of aliphatic carboxylic acids is 1. The Morgan fingerprint density at radius 3 is 2.71 bits per heavy atom. The second-order valence-electron chi connectivity index (χ2n) is 5.25. The van der Waals surface area contributed by atoms with Crippen LogP contribution in [0.15, 0.2) is 24.3 Å². The molecule has 1 unspecified atom stereocenters. The van der Waals surface area contributed by atoms with Gasteiger partial charge in [0.05, 0.1) is 12.8 Å². The van der Waals surface area contributed by atoms with Crippen LogP contribution in [-0.2, 0) is 9.59 Å². The highest BCUT2D eigenvalue weighted by atomic mass is 16.5. The van der Waals surface area contributed by atoms with E-state index >= 15 is 0 Å². The first kappa shape index (κ1) is 15.1. The maximum atomic E-state index is 12.2. The summed E-state index contributed by atoms with van der Waals surface area (Å²) in [5.41, 5.74) is 1.25. The first-order chi connectivity index (χ1) is 10.0. The molecule has 0 spiro atoms. The van der Waals surface area contributed by atoms with Crippen LogP contribution in [0.3, 0.4) is 0 Å². The smallest absolute Gasteiger partial charge is 0.328 e. The second kappa shape index (κ2) is 6.43. The zero-order chi connectivity index (χ0) is 15.4. The molecule has 1 fully saturated rings. The number of hydrogen-bond acceptors (Lipinski definition) is 3. The lowest BCUT2D eigenvalue weighted by Crippen LogP contribution is -2.22. The molecule has 0 bridgehead atoms. The number of hydrogen-bond donors (Lipinski definition) is 2. The van der Waals surface area contributed by atoms with E-state index < -0.39 is 5.97 Å². The molecule has 0 saturated heterocycles. The van der Waals surface area contributed by atoms with Gasteiger partial charge in [-0.25, -0.2) is 4.79 Å². The molecular formula is C16H19NO4. The number of carbonyl (C=O) groups excluding carboxylic acids is 1. The minimum atomic E-state index is -1.02. The number of anilines is 1. The predicted octanol–water partition coefficient (Wildman–Crippen LogP) is 2.78. The molecule has 2 rings (SSSR count). The molecular weight excluding hydrogens is 270 g/mol. The Labute approximate surface area is 123 Å². The fourth-order valence-electron chi connectivity index (χ4n) is 2.15. The number of nitrogens with one attached hydrogen (secondary N) is 1. The molecule has 5 nitrogen and oxygen atoms in total. The predicted molar refractivity (Wildman–Crippen MR) is 80.2 cm³/mol. The van der Waals surface area contributed by atoms with E-state index in [1.807, 2.05) is 6.92 Å². The topological polar surface area (TPSA) is 75.6 Å². The number of carboxylic acid groups (broad SMARTS) is 1. The molecule has 0 aliphatic heterocycles. The quantitative estimate of drug-likeness (QED) is 0.790. The zero-order valence-corrected chi connectivity index (χ0v) is 12.1. The van der Waals surface area contributed by atoms with Gasteiger partial charge in [-0.2, -0.15) is 0 Å². The molecule has 1 aliphatic rings. The van der Waals surface area contributed by atoms with Gasteiger partial charge in [-0.3, -0.25) is 4.79 Å². The van der Waals surface area contributed by atoms with Crippen molar-refractivity contribution in [2.24, 2.45) is 11.8 Å². The van der Waals surface area contributed by atoms with E-state index in [1.54, 1.807) is 18.2 Å². The van der Waals surface area contributed by atoms with E-state index in [-0.39, 0.29) is 11.8 Å². The fourth-order valence-corrected chi connectivity index (χ4v) is 2.15. The summed E-state index contributed by atoms with van der Waals surface area (Å²) >= 11 is 0. The van der Waals surface area contributed by atoms with Gasteiger partial charge < -0.3 is 15.2 Å². The van der Waals surface area contributed by atoms with Crippen molar-refractivity contribution in [3.05, 3.63) is 29.8 Å². The third kappa shape index (κ3) is 4.08. The number of benzene rings is 1. The van der Waals surface area contributed by atoms with E-state index in [0.717, 1.165) is 18.9 Å². The third-order valence-electron chi connectivity index (χ3n) is 3.64. The molecule has 0 aromatic heterocycles. The summed E-state index contributed by atoms with van der Waals surface area (Å²) in [5.74, 6) is -0.0354. The van der Waals surface area contributed by atoms with Gasteiger partial charge in [-0.15, -0.1) is 0 Å². The van der Waals surface area contributed by atoms with Gasteiger partial charge in [-0.1, -0.05) is 13.0 Å². The van der Waals surface area contributed by atoms with Crippen LogP contribution in [0.1, 0.15) is 25.3 Å². The third-order valence-corrected chi connectivity index (χ3v) is 3.64. The molecule has 21 heavy (non-hydrogen) atoms. The summed E-state index contributed by atoms with van der Waals surface area (Å²) in [6, 6.07) is 5.15. The summed E-state index contributed by atoms with van der Waals surface area (Å²) in [6.07, 6.45) is 4.74. The number of carboxylic acids is 1. The van der Waals surface area contributed by atoms with Crippen LogP contribution in [0.5, 0.6) is 5.75 Å². The van der Waals surface area contributed by atoms with Gasteiger partial charge in [0.1, 0.15) is 5.75 Å². The lowest BCUT2D eigenvalue weighted by molar-refractivity contribution is -0.131. The van der Waals surface area contributed by atoms with E-state index in [9.17, 15) is 9.59 Å². The Bertz CT molecular complexity index is 576. The average molecular weight is 289 g/mol. The van der Waals surface area contributed by atoms with Crippen molar-refractivity contribution in [2.75, 3.05) is 12.4 Å². The van der Waals surface area contributed by atoms with Crippen LogP contribution >= 0.6 is 0 Å². The van der Waals surface area contributed by atoms with Crippen LogP contribution in [0.2, 0.25) is 0 Å². The Hall–Kier alpha value is -2.30. The van der Waals surface area contributed by atoms with Crippen LogP contribution in [0.4, 0.5) is 5.69 Å². The first-order valence-corrected chi connectivity index (χ1v) is 6.91. The van der Waals surface area contributed by atoms with E-state index in [0.29, 0.717) is 22.9 Å². The minimum Gasteiger partial charge on any atom is -0.495 e. The van der Waals surface area contributed by atoms with Gasteiger partial charge in [0.2, 0.25) is 5.91 Å². The van der Waals surface area contributed by atoms with Crippen molar-refractivity contribution >= 4 is 23.6 Å². The van der Waals surface area contributed by atoms with Crippen molar-refractivity contribution in [2.45, 2.75) is 19.8 Å². The highest BCUT2D eigenvalue weighted by Crippen LogP contribution is 2.37. The Morgan fingerprint density at radius 2 is 2.14 bits per heavy atom. The van der Waals surface area contributed by atoms with Crippen molar-refractivity contribution in [3.63, 3.8) is 0 Å². The van der Waals surface area contributed by atoms with Crippen LogP contribution in [0.25, 0.3) is 6.08 Å².